The number of benzene rings is 1. The molecule has 0 fully saturated rings. The first kappa shape index (κ1) is 16.0. The van der Waals surface area contributed by atoms with Crippen molar-refractivity contribution in [1.29, 1.82) is 0 Å². The van der Waals surface area contributed by atoms with Gasteiger partial charge in [-0.1, -0.05) is 0 Å². The van der Waals surface area contributed by atoms with Crippen molar-refractivity contribution in [3.63, 3.8) is 0 Å². The van der Waals surface area contributed by atoms with Gasteiger partial charge in [0.15, 0.2) is 23.0 Å². The zero-order chi connectivity index (χ0) is 16.3. The Bertz CT molecular complexity index is 726. The summed E-state index contributed by atoms with van der Waals surface area (Å²) in [4.78, 5) is 23.5. The van der Waals surface area contributed by atoms with E-state index in [2.05, 4.69) is 21.0 Å². The van der Waals surface area contributed by atoms with Crippen molar-refractivity contribution in [2.24, 2.45) is 0 Å². The van der Waals surface area contributed by atoms with Gasteiger partial charge in [0.25, 0.3) is 0 Å². The molecule has 1 N–H and O–H groups in total. The van der Waals surface area contributed by atoms with Crippen LogP contribution in [0.1, 0.15) is 20.8 Å². The SMILES string of the molecule is COc1ccc(C(=O)Cn2ncc(Br)c2C(=O)O)cc1OC. The van der Waals surface area contributed by atoms with Crippen LogP contribution in [0.5, 0.6) is 11.5 Å². The molecule has 1 aromatic heterocycles. The summed E-state index contributed by atoms with van der Waals surface area (Å²) in [5.41, 5.74) is 0.300. The van der Waals surface area contributed by atoms with Gasteiger partial charge in [-0.3, -0.25) is 4.79 Å². The number of carbonyl (C=O) groups is 2. The van der Waals surface area contributed by atoms with E-state index in [-0.39, 0.29) is 18.0 Å². The third-order valence-electron chi connectivity index (χ3n) is 3.00. The summed E-state index contributed by atoms with van der Waals surface area (Å²) in [5.74, 6) is -0.524. The Labute approximate surface area is 134 Å². The van der Waals surface area contributed by atoms with Crippen LogP contribution in [0.25, 0.3) is 0 Å². The lowest BCUT2D eigenvalue weighted by Gasteiger charge is -2.09. The fourth-order valence-corrected chi connectivity index (χ4v) is 2.40. The van der Waals surface area contributed by atoms with Crippen LogP contribution in [-0.4, -0.2) is 40.9 Å². The van der Waals surface area contributed by atoms with Crippen LogP contribution >= 0.6 is 15.9 Å². The van der Waals surface area contributed by atoms with Crippen LogP contribution < -0.4 is 9.47 Å². The molecule has 0 radical (unpaired) electrons. The fourth-order valence-electron chi connectivity index (χ4n) is 1.93. The molecule has 22 heavy (non-hydrogen) atoms. The molecule has 7 nitrogen and oxygen atoms in total. The zero-order valence-corrected chi connectivity index (χ0v) is 13.5. The van der Waals surface area contributed by atoms with Gasteiger partial charge in [0.05, 0.1) is 24.9 Å². The molecule has 0 atom stereocenters. The Balaban J connectivity index is 2.28. The smallest absolute Gasteiger partial charge is 0.355 e. The summed E-state index contributed by atoms with van der Waals surface area (Å²) in [6, 6.07) is 4.74. The summed E-state index contributed by atoms with van der Waals surface area (Å²) >= 11 is 3.09. The Morgan fingerprint density at radius 2 is 1.95 bits per heavy atom. The molecule has 116 valence electrons. The third kappa shape index (κ3) is 3.11. The molecular weight excluding hydrogens is 356 g/mol. The predicted octanol–water partition coefficient (Wildman–Crippen LogP) is 2.24. The van der Waals surface area contributed by atoms with Crippen molar-refractivity contribution >= 4 is 27.7 Å². The lowest BCUT2D eigenvalue weighted by Crippen LogP contribution is -2.17. The average Bonchev–Trinajstić information content (AvgIpc) is 2.87. The second-order valence-corrected chi connectivity index (χ2v) is 5.15. The zero-order valence-electron chi connectivity index (χ0n) is 11.9. The molecular formula is C14H13BrN2O5. The van der Waals surface area contributed by atoms with E-state index in [1.807, 2.05) is 0 Å². The molecule has 1 heterocycles. The van der Waals surface area contributed by atoms with Gasteiger partial charge in [0.2, 0.25) is 0 Å². The van der Waals surface area contributed by atoms with E-state index < -0.39 is 5.97 Å². The largest absolute Gasteiger partial charge is 0.493 e. The molecule has 0 aliphatic heterocycles. The number of hydrogen-bond donors (Lipinski definition) is 1. The van der Waals surface area contributed by atoms with Crippen LogP contribution in [-0.2, 0) is 6.54 Å². The van der Waals surface area contributed by atoms with E-state index in [1.54, 1.807) is 18.2 Å². The highest BCUT2D eigenvalue weighted by molar-refractivity contribution is 9.10. The molecule has 0 unspecified atom stereocenters. The van der Waals surface area contributed by atoms with Crippen molar-refractivity contribution in [2.75, 3.05) is 14.2 Å². The summed E-state index contributed by atoms with van der Waals surface area (Å²) < 4.78 is 11.7. The molecule has 0 amide bonds. The molecule has 2 aromatic rings. The van der Waals surface area contributed by atoms with Crippen molar-refractivity contribution in [3.8, 4) is 11.5 Å². The highest BCUT2D eigenvalue weighted by atomic mass is 79.9. The first-order valence-electron chi connectivity index (χ1n) is 6.17. The number of hydrogen-bond acceptors (Lipinski definition) is 5. The number of ketones is 1. The van der Waals surface area contributed by atoms with Gasteiger partial charge in [-0.2, -0.15) is 5.10 Å². The van der Waals surface area contributed by atoms with E-state index in [1.165, 1.54) is 20.4 Å². The quantitative estimate of drug-likeness (QED) is 0.786. The molecule has 0 aliphatic carbocycles. The highest BCUT2D eigenvalue weighted by Crippen LogP contribution is 2.28. The first-order valence-corrected chi connectivity index (χ1v) is 6.97. The summed E-state index contributed by atoms with van der Waals surface area (Å²) in [6.45, 7) is -0.192. The number of aromatic carboxylic acids is 1. The highest BCUT2D eigenvalue weighted by Gasteiger charge is 2.19. The number of carboxylic acids is 1. The summed E-state index contributed by atoms with van der Waals surface area (Å²) in [5, 5.41) is 13.0. The molecule has 1 aromatic carbocycles. The Morgan fingerprint density at radius 1 is 1.27 bits per heavy atom. The molecule has 2 rings (SSSR count). The summed E-state index contributed by atoms with van der Waals surface area (Å²) in [7, 11) is 2.97. The number of methoxy groups -OCH3 is 2. The Kier molecular flexibility index (Phi) is 4.81. The minimum atomic E-state index is -1.16. The van der Waals surface area contributed by atoms with Crippen LogP contribution in [0, 0.1) is 0 Å². The second-order valence-electron chi connectivity index (χ2n) is 4.30. The molecule has 0 saturated carbocycles. The van der Waals surface area contributed by atoms with Gasteiger partial charge < -0.3 is 14.6 Å². The van der Waals surface area contributed by atoms with Gasteiger partial charge >= 0.3 is 5.97 Å². The molecule has 0 aliphatic rings. The standard InChI is InChI=1S/C14H13BrN2O5/c1-21-11-4-3-8(5-12(11)22-2)10(18)7-17-13(14(19)20)9(15)6-16-17/h3-6H,7H2,1-2H3,(H,19,20). The van der Waals surface area contributed by atoms with Gasteiger partial charge in [-0.15, -0.1) is 0 Å². The van der Waals surface area contributed by atoms with Gasteiger partial charge in [-0.25, -0.2) is 9.48 Å². The molecule has 0 bridgehead atoms. The number of nitrogens with zero attached hydrogens (tertiary/aromatic N) is 2. The lowest BCUT2D eigenvalue weighted by atomic mass is 10.1. The molecule has 0 spiro atoms. The fraction of sp³-hybridized carbons (Fsp3) is 0.214. The van der Waals surface area contributed by atoms with Gasteiger partial charge in [0.1, 0.15) is 6.54 Å². The summed E-state index contributed by atoms with van der Waals surface area (Å²) in [6.07, 6.45) is 1.34. The monoisotopic (exact) mass is 368 g/mol. The van der Waals surface area contributed by atoms with Crippen LogP contribution in [0.3, 0.4) is 0 Å². The maximum absolute atomic E-state index is 12.3. The molecule has 8 heteroatoms. The van der Waals surface area contributed by atoms with E-state index in [0.29, 0.717) is 21.5 Å². The predicted molar refractivity (Wildman–Crippen MR) is 80.8 cm³/mol. The average molecular weight is 369 g/mol. The number of ether oxygens (including phenoxy) is 2. The number of rotatable bonds is 6. The normalized spacial score (nSPS) is 10.3. The number of Topliss-reactive ketones (excluding diaryl/α,β-unsaturated/α-hetero) is 1. The number of aromatic nitrogens is 2. The van der Waals surface area contributed by atoms with Crippen molar-refractivity contribution in [1.82, 2.24) is 9.78 Å². The Morgan fingerprint density at radius 3 is 2.55 bits per heavy atom. The number of carbonyl (C=O) groups excluding carboxylic acids is 1. The van der Waals surface area contributed by atoms with Crippen molar-refractivity contribution in [2.45, 2.75) is 6.54 Å². The van der Waals surface area contributed by atoms with E-state index >= 15 is 0 Å². The lowest BCUT2D eigenvalue weighted by molar-refractivity contribution is 0.0682. The second kappa shape index (κ2) is 6.61. The number of halogens is 1. The van der Waals surface area contributed by atoms with Crippen LogP contribution in [0.4, 0.5) is 0 Å². The van der Waals surface area contributed by atoms with Gasteiger partial charge in [0, 0.05) is 5.56 Å². The first-order chi connectivity index (χ1) is 10.5. The van der Waals surface area contributed by atoms with Gasteiger partial charge in [-0.05, 0) is 34.1 Å². The minimum Gasteiger partial charge on any atom is -0.493 e. The van der Waals surface area contributed by atoms with E-state index in [9.17, 15) is 9.59 Å². The minimum absolute atomic E-state index is 0.0752. The maximum atomic E-state index is 12.3. The molecule has 0 saturated heterocycles. The Hall–Kier alpha value is -2.35. The van der Waals surface area contributed by atoms with Crippen molar-refractivity contribution < 1.29 is 24.2 Å². The topological polar surface area (TPSA) is 90.7 Å². The third-order valence-corrected chi connectivity index (χ3v) is 3.58. The van der Waals surface area contributed by atoms with E-state index in [0.717, 1.165) is 4.68 Å². The van der Waals surface area contributed by atoms with Crippen LogP contribution in [0.2, 0.25) is 0 Å². The maximum Gasteiger partial charge on any atom is 0.355 e. The van der Waals surface area contributed by atoms with E-state index in [4.69, 9.17) is 14.6 Å². The van der Waals surface area contributed by atoms with Crippen molar-refractivity contribution in [3.05, 3.63) is 40.1 Å². The number of carboxylic acid groups (broad SMARTS) is 1. The van der Waals surface area contributed by atoms with Crippen LogP contribution in [0.15, 0.2) is 28.9 Å².